The molecule has 0 saturated carbocycles. The largest absolute Gasteiger partial charge is 0.508 e. The molecule has 2 rings (SSSR count). The molecule has 0 bridgehead atoms. The fourth-order valence-corrected chi connectivity index (χ4v) is 1.64. The Labute approximate surface area is 119 Å². The van der Waals surface area contributed by atoms with Crippen LogP contribution in [0.3, 0.4) is 0 Å². The Kier molecular flexibility index (Phi) is 6.97. The minimum absolute atomic E-state index is 0. The second-order valence-electron chi connectivity index (χ2n) is 4.09. The van der Waals surface area contributed by atoms with Gasteiger partial charge < -0.3 is 5.11 Å². The number of nitrogens with one attached hydrogen (secondary N) is 1. The van der Waals surface area contributed by atoms with Gasteiger partial charge in [0.2, 0.25) is 0 Å². The highest BCUT2D eigenvalue weighted by Gasteiger charge is 1.94. The molecule has 0 aliphatic rings. The Hall–Kier alpha value is -1.55. The number of hydrogen-bond acceptors (Lipinski definition) is 3. The van der Waals surface area contributed by atoms with Crippen LogP contribution in [-0.2, 0) is 17.9 Å². The lowest BCUT2D eigenvalue weighted by atomic mass is 10.1. The molecule has 0 saturated heterocycles. The predicted molar refractivity (Wildman–Crippen MR) is 78.3 cm³/mol. The van der Waals surface area contributed by atoms with Gasteiger partial charge >= 0.3 is 0 Å². The second-order valence-corrected chi connectivity index (χ2v) is 4.09. The molecule has 0 heterocycles. The van der Waals surface area contributed by atoms with E-state index in [4.69, 9.17) is 9.94 Å². The van der Waals surface area contributed by atoms with E-state index < -0.39 is 0 Å². The zero-order valence-electron chi connectivity index (χ0n) is 10.6. The summed E-state index contributed by atoms with van der Waals surface area (Å²) in [6.45, 7) is 1.31. The van der Waals surface area contributed by atoms with Crippen LogP contribution in [0.5, 0.6) is 5.75 Å². The van der Waals surface area contributed by atoms with Crippen molar-refractivity contribution in [1.82, 2.24) is 5.48 Å². The molecule has 0 spiro atoms. The van der Waals surface area contributed by atoms with Crippen molar-refractivity contribution in [3.8, 4) is 5.75 Å². The lowest BCUT2D eigenvalue weighted by molar-refractivity contribution is 0.0288. The van der Waals surface area contributed by atoms with Crippen LogP contribution in [0.1, 0.15) is 11.1 Å². The molecule has 4 heteroatoms. The molecule has 0 fully saturated rings. The van der Waals surface area contributed by atoms with Gasteiger partial charge in [-0.2, -0.15) is 0 Å². The van der Waals surface area contributed by atoms with E-state index in [2.05, 4.69) is 5.48 Å². The van der Waals surface area contributed by atoms with Gasteiger partial charge in [-0.25, -0.2) is 5.48 Å². The molecular weight excluding hydrogens is 262 g/mol. The first-order valence-electron chi connectivity index (χ1n) is 6.01. The van der Waals surface area contributed by atoms with E-state index >= 15 is 0 Å². The maximum absolute atomic E-state index is 9.15. The summed E-state index contributed by atoms with van der Waals surface area (Å²) in [5.41, 5.74) is 5.25. The molecule has 0 amide bonds. The molecule has 0 unspecified atom stereocenters. The average molecular weight is 280 g/mol. The average Bonchev–Trinajstić information content (AvgIpc) is 2.42. The maximum Gasteiger partial charge on any atom is 0.115 e. The van der Waals surface area contributed by atoms with Crippen molar-refractivity contribution >= 4 is 12.4 Å². The molecular formula is C15H18ClNO2. The number of hydroxylamine groups is 1. The van der Waals surface area contributed by atoms with Crippen molar-refractivity contribution in [2.45, 2.75) is 13.0 Å². The molecule has 2 N–H and O–H groups in total. The number of halogens is 1. The van der Waals surface area contributed by atoms with Crippen molar-refractivity contribution in [2.24, 2.45) is 0 Å². The summed E-state index contributed by atoms with van der Waals surface area (Å²) < 4.78 is 0. The molecule has 0 aliphatic carbocycles. The molecule has 102 valence electrons. The Morgan fingerprint density at radius 3 is 2.26 bits per heavy atom. The SMILES string of the molecule is Cl.Oc1ccc(CCNOCc2ccccc2)cc1. The van der Waals surface area contributed by atoms with Crippen molar-refractivity contribution in [2.75, 3.05) is 6.54 Å². The lowest BCUT2D eigenvalue weighted by Crippen LogP contribution is -2.17. The molecule has 0 atom stereocenters. The van der Waals surface area contributed by atoms with Crippen molar-refractivity contribution in [3.05, 3.63) is 65.7 Å². The fourth-order valence-electron chi connectivity index (χ4n) is 1.64. The number of hydrogen-bond donors (Lipinski definition) is 2. The molecule has 0 aromatic heterocycles. The maximum atomic E-state index is 9.15. The Bertz CT molecular complexity index is 459. The highest BCUT2D eigenvalue weighted by atomic mass is 35.5. The van der Waals surface area contributed by atoms with Gasteiger partial charge in [0.05, 0.1) is 6.61 Å². The van der Waals surface area contributed by atoms with Crippen LogP contribution in [0.25, 0.3) is 0 Å². The number of phenols is 1. The quantitative estimate of drug-likeness (QED) is 0.631. The van der Waals surface area contributed by atoms with E-state index in [1.54, 1.807) is 12.1 Å². The zero-order valence-corrected chi connectivity index (χ0v) is 11.4. The summed E-state index contributed by atoms with van der Waals surface area (Å²) in [7, 11) is 0. The zero-order chi connectivity index (χ0) is 12.6. The molecule has 19 heavy (non-hydrogen) atoms. The van der Waals surface area contributed by atoms with Crippen LogP contribution in [0.4, 0.5) is 0 Å². The van der Waals surface area contributed by atoms with E-state index in [-0.39, 0.29) is 12.4 Å². The van der Waals surface area contributed by atoms with Gasteiger partial charge in [0, 0.05) is 6.54 Å². The minimum atomic E-state index is 0. The molecule has 3 nitrogen and oxygen atoms in total. The summed E-state index contributed by atoms with van der Waals surface area (Å²) in [6, 6.07) is 17.2. The molecule has 0 radical (unpaired) electrons. The minimum Gasteiger partial charge on any atom is -0.508 e. The number of benzene rings is 2. The van der Waals surface area contributed by atoms with Crippen LogP contribution in [-0.4, -0.2) is 11.7 Å². The highest BCUT2D eigenvalue weighted by molar-refractivity contribution is 5.85. The van der Waals surface area contributed by atoms with Crippen molar-refractivity contribution < 1.29 is 9.94 Å². The van der Waals surface area contributed by atoms with Gasteiger partial charge in [0.15, 0.2) is 0 Å². The highest BCUT2D eigenvalue weighted by Crippen LogP contribution is 2.09. The van der Waals surface area contributed by atoms with Crippen LogP contribution < -0.4 is 5.48 Å². The van der Waals surface area contributed by atoms with Gasteiger partial charge in [0.1, 0.15) is 5.75 Å². The smallest absolute Gasteiger partial charge is 0.115 e. The first-order valence-corrected chi connectivity index (χ1v) is 6.01. The number of rotatable bonds is 6. The van der Waals surface area contributed by atoms with E-state index in [1.165, 1.54) is 5.56 Å². The fraction of sp³-hybridized carbons (Fsp3) is 0.200. The molecule has 2 aromatic rings. The third-order valence-electron chi connectivity index (χ3n) is 2.64. The van der Waals surface area contributed by atoms with Crippen molar-refractivity contribution in [1.29, 1.82) is 0 Å². The van der Waals surface area contributed by atoms with E-state index in [1.807, 2.05) is 42.5 Å². The van der Waals surface area contributed by atoms with Gasteiger partial charge in [-0.05, 0) is 29.7 Å². The van der Waals surface area contributed by atoms with E-state index in [0.717, 1.165) is 18.5 Å². The summed E-state index contributed by atoms with van der Waals surface area (Å²) in [6.07, 6.45) is 0.870. The molecule has 0 aliphatic heterocycles. The summed E-state index contributed by atoms with van der Waals surface area (Å²) in [5, 5.41) is 9.15. The Morgan fingerprint density at radius 2 is 1.58 bits per heavy atom. The van der Waals surface area contributed by atoms with E-state index in [0.29, 0.717) is 12.4 Å². The standard InChI is InChI=1S/C15H17NO2.ClH/c17-15-8-6-13(7-9-15)10-11-16-18-12-14-4-2-1-3-5-14;/h1-9,16-17H,10-12H2;1H. The third kappa shape index (κ3) is 5.75. The van der Waals surface area contributed by atoms with Crippen LogP contribution >= 0.6 is 12.4 Å². The van der Waals surface area contributed by atoms with Gasteiger partial charge in [0.25, 0.3) is 0 Å². The normalized spacial score (nSPS) is 9.89. The summed E-state index contributed by atoms with van der Waals surface area (Å²) in [4.78, 5) is 5.37. The van der Waals surface area contributed by atoms with Gasteiger partial charge in [-0.15, -0.1) is 12.4 Å². The lowest BCUT2D eigenvalue weighted by Gasteiger charge is -2.06. The number of aromatic hydroxyl groups is 1. The monoisotopic (exact) mass is 279 g/mol. The Morgan fingerprint density at radius 1 is 0.895 bits per heavy atom. The first kappa shape index (κ1) is 15.5. The second kappa shape index (κ2) is 8.53. The van der Waals surface area contributed by atoms with Crippen molar-refractivity contribution in [3.63, 3.8) is 0 Å². The summed E-state index contributed by atoms with van der Waals surface area (Å²) >= 11 is 0. The first-order chi connectivity index (χ1) is 8.84. The van der Waals surface area contributed by atoms with Gasteiger partial charge in [-0.1, -0.05) is 42.5 Å². The Balaban J connectivity index is 0.00000180. The van der Waals surface area contributed by atoms with E-state index in [9.17, 15) is 0 Å². The molecule has 2 aromatic carbocycles. The number of phenolic OH excluding ortho intramolecular Hbond substituents is 1. The van der Waals surface area contributed by atoms with Crippen LogP contribution in [0.2, 0.25) is 0 Å². The topological polar surface area (TPSA) is 41.5 Å². The van der Waals surface area contributed by atoms with Crippen LogP contribution in [0.15, 0.2) is 54.6 Å². The third-order valence-corrected chi connectivity index (χ3v) is 2.64. The van der Waals surface area contributed by atoms with Gasteiger partial charge in [-0.3, -0.25) is 4.84 Å². The van der Waals surface area contributed by atoms with Crippen LogP contribution in [0, 0.1) is 0 Å². The predicted octanol–water partition coefficient (Wildman–Crippen LogP) is 3.08. The summed E-state index contributed by atoms with van der Waals surface area (Å²) in [5.74, 6) is 0.298.